The van der Waals surface area contributed by atoms with Crippen molar-refractivity contribution in [1.82, 2.24) is 4.90 Å². The Labute approximate surface area is 122 Å². The van der Waals surface area contributed by atoms with Crippen molar-refractivity contribution >= 4 is 23.2 Å². The molecule has 1 atom stereocenters. The van der Waals surface area contributed by atoms with Crippen LogP contribution in [0.25, 0.3) is 0 Å². The SMILES string of the molecule is COc1csc(C(=O)N2CCCCC2CCC(=O)O)c1. The van der Waals surface area contributed by atoms with Gasteiger partial charge in [-0.25, -0.2) is 0 Å². The minimum absolute atomic E-state index is 0.00612. The fourth-order valence-corrected chi connectivity index (χ4v) is 3.35. The van der Waals surface area contributed by atoms with Crippen LogP contribution in [-0.4, -0.2) is 41.6 Å². The Bertz CT molecular complexity index is 485. The van der Waals surface area contributed by atoms with Crippen molar-refractivity contribution in [2.75, 3.05) is 13.7 Å². The Hall–Kier alpha value is -1.56. The molecule has 1 aliphatic heterocycles. The molecule has 0 bridgehead atoms. The summed E-state index contributed by atoms with van der Waals surface area (Å²) in [5.74, 6) is -0.119. The average molecular weight is 297 g/mol. The van der Waals surface area contributed by atoms with E-state index in [2.05, 4.69) is 0 Å². The first-order valence-corrected chi connectivity index (χ1v) is 7.65. The number of carboxylic acids is 1. The highest BCUT2D eigenvalue weighted by Gasteiger charge is 2.28. The van der Waals surface area contributed by atoms with Gasteiger partial charge in [-0.1, -0.05) is 0 Å². The second kappa shape index (κ2) is 6.74. The summed E-state index contributed by atoms with van der Waals surface area (Å²) < 4.78 is 5.10. The van der Waals surface area contributed by atoms with Crippen LogP contribution in [0.3, 0.4) is 0 Å². The van der Waals surface area contributed by atoms with Gasteiger partial charge in [0.1, 0.15) is 5.75 Å². The van der Waals surface area contributed by atoms with Crippen LogP contribution in [0.5, 0.6) is 5.75 Å². The zero-order valence-corrected chi connectivity index (χ0v) is 12.3. The smallest absolute Gasteiger partial charge is 0.303 e. The molecule has 0 radical (unpaired) electrons. The summed E-state index contributed by atoms with van der Waals surface area (Å²) in [5.41, 5.74) is 0. The third-order valence-corrected chi connectivity index (χ3v) is 4.50. The summed E-state index contributed by atoms with van der Waals surface area (Å²) in [6.07, 6.45) is 3.58. The summed E-state index contributed by atoms with van der Waals surface area (Å²) in [6, 6.07) is 1.79. The number of carbonyl (C=O) groups is 2. The summed E-state index contributed by atoms with van der Waals surface area (Å²) in [6.45, 7) is 0.712. The monoisotopic (exact) mass is 297 g/mol. The molecule has 0 aliphatic carbocycles. The highest BCUT2D eigenvalue weighted by Crippen LogP contribution is 2.27. The number of ether oxygens (including phenoxy) is 1. The molecule has 20 heavy (non-hydrogen) atoms. The lowest BCUT2D eigenvalue weighted by atomic mass is 9.97. The number of methoxy groups -OCH3 is 1. The molecule has 1 aromatic rings. The Morgan fingerprint density at radius 3 is 2.95 bits per heavy atom. The quantitative estimate of drug-likeness (QED) is 0.907. The van der Waals surface area contributed by atoms with Gasteiger partial charge in [-0.2, -0.15) is 0 Å². The van der Waals surface area contributed by atoms with E-state index < -0.39 is 5.97 Å². The van der Waals surface area contributed by atoms with Crippen LogP contribution >= 0.6 is 11.3 Å². The zero-order chi connectivity index (χ0) is 14.5. The topological polar surface area (TPSA) is 66.8 Å². The number of hydrogen-bond acceptors (Lipinski definition) is 4. The number of likely N-dealkylation sites (tertiary alicyclic amines) is 1. The highest BCUT2D eigenvalue weighted by atomic mass is 32.1. The van der Waals surface area contributed by atoms with Gasteiger partial charge in [-0.15, -0.1) is 11.3 Å². The Kier molecular flexibility index (Phi) is 5.00. The van der Waals surface area contributed by atoms with Gasteiger partial charge in [0.15, 0.2) is 0 Å². The van der Waals surface area contributed by atoms with Gasteiger partial charge in [0.05, 0.1) is 12.0 Å². The van der Waals surface area contributed by atoms with Crippen molar-refractivity contribution in [3.05, 3.63) is 16.3 Å². The minimum atomic E-state index is -0.805. The van der Waals surface area contributed by atoms with Crippen LogP contribution in [0.15, 0.2) is 11.4 Å². The number of amides is 1. The van der Waals surface area contributed by atoms with Gasteiger partial charge in [0, 0.05) is 30.5 Å². The van der Waals surface area contributed by atoms with Gasteiger partial charge < -0.3 is 14.7 Å². The normalized spacial score (nSPS) is 18.9. The molecular formula is C14H19NO4S. The Balaban J connectivity index is 2.06. The summed E-state index contributed by atoms with van der Waals surface area (Å²) in [4.78, 5) is 25.7. The number of hydrogen-bond donors (Lipinski definition) is 1. The van der Waals surface area contributed by atoms with E-state index in [1.54, 1.807) is 13.2 Å². The van der Waals surface area contributed by atoms with Gasteiger partial charge in [0.2, 0.25) is 0 Å². The maximum atomic E-state index is 12.5. The zero-order valence-electron chi connectivity index (χ0n) is 11.5. The van der Waals surface area contributed by atoms with Crippen molar-refractivity contribution in [1.29, 1.82) is 0 Å². The first-order valence-electron chi connectivity index (χ1n) is 6.77. The molecule has 2 rings (SSSR count). The number of rotatable bonds is 5. The van der Waals surface area contributed by atoms with E-state index in [0.29, 0.717) is 23.6 Å². The molecule has 0 saturated carbocycles. The summed E-state index contributed by atoms with van der Waals surface area (Å²) >= 11 is 1.37. The number of carbonyl (C=O) groups excluding carboxylic acids is 1. The Morgan fingerprint density at radius 1 is 1.50 bits per heavy atom. The fraction of sp³-hybridized carbons (Fsp3) is 0.571. The number of thiophene rings is 1. The molecule has 110 valence electrons. The molecule has 1 unspecified atom stereocenters. The summed E-state index contributed by atoms with van der Waals surface area (Å²) in [7, 11) is 1.58. The predicted octanol–water partition coefficient (Wildman–Crippen LogP) is 2.62. The van der Waals surface area contributed by atoms with Crippen molar-refractivity contribution in [3.8, 4) is 5.75 Å². The lowest BCUT2D eigenvalue weighted by Crippen LogP contribution is -2.43. The number of carboxylic acid groups (broad SMARTS) is 1. The van der Waals surface area contributed by atoms with Gasteiger partial charge in [-0.3, -0.25) is 9.59 Å². The molecular weight excluding hydrogens is 278 g/mol. The third-order valence-electron chi connectivity index (χ3n) is 3.60. The second-order valence-corrected chi connectivity index (χ2v) is 5.84. The molecule has 1 aliphatic rings. The van der Waals surface area contributed by atoms with E-state index in [1.807, 2.05) is 10.3 Å². The number of piperidine rings is 1. The molecule has 1 fully saturated rings. The highest BCUT2D eigenvalue weighted by molar-refractivity contribution is 7.12. The van der Waals surface area contributed by atoms with E-state index in [-0.39, 0.29) is 18.4 Å². The van der Waals surface area contributed by atoms with Gasteiger partial charge in [0.25, 0.3) is 5.91 Å². The second-order valence-electron chi connectivity index (χ2n) is 4.93. The van der Waals surface area contributed by atoms with E-state index in [1.165, 1.54) is 11.3 Å². The van der Waals surface area contributed by atoms with E-state index in [0.717, 1.165) is 19.3 Å². The van der Waals surface area contributed by atoms with E-state index >= 15 is 0 Å². The minimum Gasteiger partial charge on any atom is -0.496 e. The predicted molar refractivity (Wildman–Crippen MR) is 76.4 cm³/mol. The van der Waals surface area contributed by atoms with Gasteiger partial charge in [-0.05, 0) is 25.7 Å². The molecule has 1 amide bonds. The summed E-state index contributed by atoms with van der Waals surface area (Å²) in [5, 5.41) is 10.6. The maximum Gasteiger partial charge on any atom is 0.303 e. The van der Waals surface area contributed by atoms with Gasteiger partial charge >= 0.3 is 5.97 Å². The average Bonchev–Trinajstić information content (AvgIpc) is 2.93. The lowest BCUT2D eigenvalue weighted by molar-refractivity contribution is -0.137. The molecule has 1 saturated heterocycles. The molecule has 2 heterocycles. The van der Waals surface area contributed by atoms with Crippen LogP contribution < -0.4 is 4.74 Å². The van der Waals surface area contributed by atoms with E-state index in [9.17, 15) is 9.59 Å². The standard InChI is InChI=1S/C14H19NO4S/c1-19-11-8-12(20-9-11)14(18)15-7-3-2-4-10(15)5-6-13(16)17/h8-10H,2-7H2,1H3,(H,16,17). The first kappa shape index (κ1) is 14.8. The van der Waals surface area contributed by atoms with Crippen LogP contribution in [-0.2, 0) is 4.79 Å². The molecule has 0 aromatic carbocycles. The third kappa shape index (κ3) is 3.50. The van der Waals surface area contributed by atoms with Crippen LogP contribution in [0.1, 0.15) is 41.8 Å². The van der Waals surface area contributed by atoms with Crippen LogP contribution in [0.2, 0.25) is 0 Å². The maximum absolute atomic E-state index is 12.5. The first-order chi connectivity index (χ1) is 9.61. The lowest BCUT2D eigenvalue weighted by Gasteiger charge is -2.35. The van der Waals surface area contributed by atoms with Crippen molar-refractivity contribution in [2.24, 2.45) is 0 Å². The van der Waals surface area contributed by atoms with Crippen LogP contribution in [0, 0.1) is 0 Å². The number of nitrogens with zero attached hydrogens (tertiary/aromatic N) is 1. The Morgan fingerprint density at radius 2 is 2.30 bits per heavy atom. The largest absolute Gasteiger partial charge is 0.496 e. The van der Waals surface area contributed by atoms with Crippen LogP contribution in [0.4, 0.5) is 0 Å². The fourth-order valence-electron chi connectivity index (χ4n) is 2.54. The van der Waals surface area contributed by atoms with Crippen molar-refractivity contribution < 1.29 is 19.4 Å². The molecule has 1 N–H and O–H groups in total. The van der Waals surface area contributed by atoms with Crippen molar-refractivity contribution in [3.63, 3.8) is 0 Å². The van der Waals surface area contributed by atoms with E-state index in [4.69, 9.17) is 9.84 Å². The van der Waals surface area contributed by atoms with Crippen molar-refractivity contribution in [2.45, 2.75) is 38.1 Å². The number of aliphatic carboxylic acids is 1. The molecule has 1 aromatic heterocycles. The molecule has 5 nitrogen and oxygen atoms in total. The molecule has 0 spiro atoms. The molecule has 6 heteroatoms.